The summed E-state index contributed by atoms with van der Waals surface area (Å²) in [6.07, 6.45) is 6.32. The van der Waals surface area contributed by atoms with Crippen LogP contribution < -0.4 is 11.1 Å². The van der Waals surface area contributed by atoms with Crippen molar-refractivity contribution in [3.63, 3.8) is 0 Å². The van der Waals surface area contributed by atoms with Crippen LogP contribution in [0.25, 0.3) is 0 Å². The lowest BCUT2D eigenvalue weighted by Crippen LogP contribution is -2.46. The quantitative estimate of drug-likeness (QED) is 0.807. The van der Waals surface area contributed by atoms with E-state index in [2.05, 4.69) is 15.3 Å². The van der Waals surface area contributed by atoms with Gasteiger partial charge in [0.05, 0.1) is 6.20 Å². The number of nitrogens with zero attached hydrogens (tertiary/aromatic N) is 3. The third kappa shape index (κ3) is 2.20. The smallest absolute Gasteiger partial charge is 0.256 e. The van der Waals surface area contributed by atoms with Crippen molar-refractivity contribution >= 4 is 11.7 Å². The highest BCUT2D eigenvalue weighted by Crippen LogP contribution is 2.27. The second kappa shape index (κ2) is 4.85. The van der Waals surface area contributed by atoms with E-state index in [0.717, 1.165) is 13.0 Å². The molecule has 3 heterocycles. The lowest BCUT2D eigenvalue weighted by Gasteiger charge is -2.32. The summed E-state index contributed by atoms with van der Waals surface area (Å²) in [4.78, 5) is 14.7. The summed E-state index contributed by atoms with van der Waals surface area (Å²) < 4.78 is 1.52. The molecular weight excluding hydrogens is 242 g/mol. The van der Waals surface area contributed by atoms with Crippen molar-refractivity contribution in [2.75, 3.05) is 18.8 Å². The van der Waals surface area contributed by atoms with Gasteiger partial charge in [0.25, 0.3) is 5.91 Å². The van der Waals surface area contributed by atoms with Crippen LogP contribution in [0.15, 0.2) is 6.20 Å². The number of piperidine rings is 1. The first-order valence-electron chi connectivity index (χ1n) is 6.99. The fraction of sp³-hybridized carbons (Fsp3) is 0.692. The maximum Gasteiger partial charge on any atom is 0.256 e. The minimum Gasteiger partial charge on any atom is -0.383 e. The van der Waals surface area contributed by atoms with E-state index in [1.54, 1.807) is 7.05 Å². The molecule has 1 amide bonds. The highest BCUT2D eigenvalue weighted by Gasteiger charge is 2.36. The van der Waals surface area contributed by atoms with Crippen molar-refractivity contribution in [2.45, 2.75) is 37.8 Å². The van der Waals surface area contributed by atoms with E-state index >= 15 is 0 Å². The molecule has 0 saturated carbocycles. The Bertz CT molecular complexity index is 483. The van der Waals surface area contributed by atoms with Gasteiger partial charge in [-0.2, -0.15) is 5.10 Å². The van der Waals surface area contributed by atoms with Gasteiger partial charge in [0, 0.05) is 25.7 Å². The topological polar surface area (TPSA) is 76.2 Å². The largest absolute Gasteiger partial charge is 0.383 e. The van der Waals surface area contributed by atoms with Crippen molar-refractivity contribution in [3.05, 3.63) is 11.8 Å². The normalized spacial score (nSPS) is 27.2. The van der Waals surface area contributed by atoms with Gasteiger partial charge in [-0.05, 0) is 25.8 Å². The molecule has 3 N–H and O–H groups in total. The molecule has 0 aliphatic carbocycles. The van der Waals surface area contributed by atoms with Gasteiger partial charge in [0.1, 0.15) is 11.4 Å². The van der Waals surface area contributed by atoms with Gasteiger partial charge in [-0.15, -0.1) is 0 Å². The van der Waals surface area contributed by atoms with E-state index in [9.17, 15) is 4.79 Å². The van der Waals surface area contributed by atoms with Gasteiger partial charge < -0.3 is 11.1 Å². The van der Waals surface area contributed by atoms with Crippen molar-refractivity contribution in [1.29, 1.82) is 0 Å². The highest BCUT2D eigenvalue weighted by atomic mass is 16.1. The second-order valence-corrected chi connectivity index (χ2v) is 5.53. The van der Waals surface area contributed by atoms with E-state index in [0.29, 0.717) is 17.4 Å². The molecule has 2 fully saturated rings. The third-order valence-corrected chi connectivity index (χ3v) is 4.40. The van der Waals surface area contributed by atoms with E-state index in [4.69, 9.17) is 5.73 Å². The predicted octanol–water partition coefficient (Wildman–Crippen LogP) is 0.359. The van der Waals surface area contributed by atoms with Gasteiger partial charge in [0.2, 0.25) is 0 Å². The van der Waals surface area contributed by atoms with E-state index in [1.165, 1.54) is 36.7 Å². The molecule has 6 heteroatoms. The number of nitrogens with one attached hydrogen (secondary N) is 1. The molecule has 2 aliphatic rings. The van der Waals surface area contributed by atoms with Crippen LogP contribution in [0.2, 0.25) is 0 Å². The van der Waals surface area contributed by atoms with E-state index in [-0.39, 0.29) is 11.9 Å². The molecule has 0 radical (unpaired) electrons. The Balaban J connectivity index is 1.68. The fourth-order valence-electron chi connectivity index (χ4n) is 3.28. The van der Waals surface area contributed by atoms with E-state index in [1.807, 2.05) is 0 Å². The first-order chi connectivity index (χ1) is 9.16. The number of hydrogen-bond donors (Lipinski definition) is 2. The number of amides is 1. The SMILES string of the molecule is Cn1ncc(C(=O)NC2CCN3CCCCC23)c1N. The Labute approximate surface area is 112 Å². The maximum absolute atomic E-state index is 12.2. The summed E-state index contributed by atoms with van der Waals surface area (Å²) in [5, 5.41) is 7.15. The van der Waals surface area contributed by atoms with Gasteiger partial charge in [-0.1, -0.05) is 6.42 Å². The molecule has 2 saturated heterocycles. The molecule has 0 bridgehead atoms. The minimum absolute atomic E-state index is 0.0944. The number of anilines is 1. The van der Waals surface area contributed by atoms with Gasteiger partial charge in [0.15, 0.2) is 0 Å². The molecule has 2 atom stereocenters. The monoisotopic (exact) mass is 263 g/mol. The molecule has 2 unspecified atom stereocenters. The summed E-state index contributed by atoms with van der Waals surface area (Å²) >= 11 is 0. The molecule has 1 aromatic heterocycles. The van der Waals surface area contributed by atoms with Crippen LogP contribution >= 0.6 is 0 Å². The lowest BCUT2D eigenvalue weighted by molar-refractivity contribution is 0.0916. The second-order valence-electron chi connectivity index (χ2n) is 5.53. The average molecular weight is 263 g/mol. The Hall–Kier alpha value is -1.56. The third-order valence-electron chi connectivity index (χ3n) is 4.40. The highest BCUT2D eigenvalue weighted by molar-refractivity contribution is 5.98. The summed E-state index contributed by atoms with van der Waals surface area (Å²) in [6.45, 7) is 2.27. The number of nitrogens with two attached hydrogens (primary N) is 1. The van der Waals surface area contributed by atoms with Crippen LogP contribution in [-0.2, 0) is 7.05 Å². The molecule has 3 rings (SSSR count). The lowest BCUT2D eigenvalue weighted by atomic mass is 9.99. The number of fused-ring (bicyclic) bond motifs is 1. The van der Waals surface area contributed by atoms with Gasteiger partial charge >= 0.3 is 0 Å². The van der Waals surface area contributed by atoms with Crippen LogP contribution in [0.3, 0.4) is 0 Å². The number of rotatable bonds is 2. The molecular formula is C13H21N5O. The van der Waals surface area contributed by atoms with Crippen molar-refractivity contribution in [1.82, 2.24) is 20.0 Å². The number of aromatic nitrogens is 2. The predicted molar refractivity (Wildman–Crippen MR) is 72.7 cm³/mol. The minimum atomic E-state index is -0.0944. The number of carbonyl (C=O) groups is 1. The zero-order valence-corrected chi connectivity index (χ0v) is 11.3. The molecule has 19 heavy (non-hydrogen) atoms. The van der Waals surface area contributed by atoms with E-state index < -0.39 is 0 Å². The average Bonchev–Trinajstić information content (AvgIpc) is 2.96. The molecule has 6 nitrogen and oxygen atoms in total. The summed E-state index contributed by atoms with van der Waals surface area (Å²) in [7, 11) is 1.74. The summed E-state index contributed by atoms with van der Waals surface area (Å²) in [5.74, 6) is 0.332. The first-order valence-corrected chi connectivity index (χ1v) is 6.99. The summed E-state index contributed by atoms with van der Waals surface area (Å²) in [5.41, 5.74) is 6.32. The molecule has 104 valence electrons. The van der Waals surface area contributed by atoms with Crippen LogP contribution in [0.5, 0.6) is 0 Å². The first kappa shape index (κ1) is 12.5. The van der Waals surface area contributed by atoms with Gasteiger partial charge in [-0.25, -0.2) is 0 Å². The van der Waals surface area contributed by atoms with Crippen LogP contribution in [0.1, 0.15) is 36.0 Å². The maximum atomic E-state index is 12.2. The molecule has 2 aliphatic heterocycles. The fourth-order valence-corrected chi connectivity index (χ4v) is 3.28. The van der Waals surface area contributed by atoms with Crippen LogP contribution in [0, 0.1) is 0 Å². The van der Waals surface area contributed by atoms with Crippen LogP contribution in [0.4, 0.5) is 5.82 Å². The Morgan fingerprint density at radius 2 is 2.26 bits per heavy atom. The van der Waals surface area contributed by atoms with Crippen LogP contribution in [-0.4, -0.2) is 45.8 Å². The molecule has 0 aromatic carbocycles. The Kier molecular flexibility index (Phi) is 3.18. The number of nitrogen functional groups attached to an aromatic ring is 1. The Morgan fingerprint density at radius 3 is 3.00 bits per heavy atom. The van der Waals surface area contributed by atoms with Crippen molar-refractivity contribution < 1.29 is 4.79 Å². The number of carbonyl (C=O) groups excluding carboxylic acids is 1. The summed E-state index contributed by atoms with van der Waals surface area (Å²) in [6, 6.07) is 0.767. The molecule has 1 aromatic rings. The number of hydrogen-bond acceptors (Lipinski definition) is 4. The molecule has 0 spiro atoms. The number of aryl methyl sites for hydroxylation is 1. The van der Waals surface area contributed by atoms with Crippen molar-refractivity contribution in [3.8, 4) is 0 Å². The van der Waals surface area contributed by atoms with Crippen molar-refractivity contribution in [2.24, 2.45) is 7.05 Å². The Morgan fingerprint density at radius 1 is 1.42 bits per heavy atom. The zero-order valence-electron chi connectivity index (χ0n) is 11.3. The standard InChI is InChI=1S/C13H21N5O/c1-17-12(14)9(8-15-17)13(19)16-10-5-7-18-6-3-2-4-11(10)18/h8,10-11H,2-7,14H2,1H3,(H,16,19). The zero-order chi connectivity index (χ0) is 13.4. The van der Waals surface area contributed by atoms with Gasteiger partial charge in [-0.3, -0.25) is 14.4 Å².